The molecule has 0 spiro atoms. The molecule has 2 rings (SSSR count). The van der Waals surface area contributed by atoms with E-state index in [9.17, 15) is 8.78 Å². The molecule has 24 heavy (non-hydrogen) atoms. The average Bonchev–Trinajstić information content (AvgIpc) is 2.60. The van der Waals surface area contributed by atoms with Crippen LogP contribution < -0.4 is 4.74 Å². The molecule has 0 N–H and O–H groups in total. The zero-order valence-electron chi connectivity index (χ0n) is 14.8. The highest BCUT2D eigenvalue weighted by molar-refractivity contribution is 5.67. The quantitative estimate of drug-likeness (QED) is 0.380. The van der Waals surface area contributed by atoms with Crippen molar-refractivity contribution in [1.29, 1.82) is 0 Å². The van der Waals surface area contributed by atoms with Gasteiger partial charge in [-0.25, -0.2) is 4.39 Å². The Kier molecular flexibility index (Phi) is 7.48. The van der Waals surface area contributed by atoms with Gasteiger partial charge in [-0.2, -0.15) is 4.39 Å². The molecular weight excluding hydrogens is 306 g/mol. The number of rotatable bonds is 8. The maximum atomic E-state index is 14.4. The Morgan fingerprint density at radius 1 is 1.25 bits per heavy atom. The van der Waals surface area contributed by atoms with Crippen molar-refractivity contribution in [3.8, 4) is 5.75 Å². The van der Waals surface area contributed by atoms with Crippen LogP contribution >= 0.6 is 0 Å². The molecule has 132 valence electrons. The first-order valence-electron chi connectivity index (χ1n) is 9.08. The molecule has 1 aromatic rings. The van der Waals surface area contributed by atoms with Crippen LogP contribution in [0.2, 0.25) is 0 Å². The first-order valence-corrected chi connectivity index (χ1v) is 9.08. The second kappa shape index (κ2) is 9.61. The minimum absolute atomic E-state index is 0.0188. The summed E-state index contributed by atoms with van der Waals surface area (Å²) in [6.45, 7) is 4.49. The van der Waals surface area contributed by atoms with E-state index >= 15 is 0 Å². The highest BCUT2D eigenvalue weighted by atomic mass is 19.2. The van der Waals surface area contributed by atoms with Crippen LogP contribution in [0.1, 0.15) is 64.4 Å². The van der Waals surface area contributed by atoms with Gasteiger partial charge < -0.3 is 4.74 Å². The molecule has 1 aliphatic rings. The van der Waals surface area contributed by atoms with Crippen LogP contribution in [0.5, 0.6) is 5.75 Å². The van der Waals surface area contributed by atoms with Gasteiger partial charge in [-0.15, -0.1) is 0 Å². The minimum Gasteiger partial charge on any atom is -0.490 e. The van der Waals surface area contributed by atoms with Crippen LogP contribution in [0.3, 0.4) is 0 Å². The second-order valence-corrected chi connectivity index (χ2v) is 6.46. The number of ether oxygens (including phenoxy) is 1. The van der Waals surface area contributed by atoms with E-state index in [1.54, 1.807) is 12.1 Å². The SMILES string of the molecule is C/C=C/CCC1CC=C(c2ccc(OCCCC)c(F)c2F)CC1. The highest BCUT2D eigenvalue weighted by Crippen LogP contribution is 2.35. The van der Waals surface area contributed by atoms with E-state index in [0.717, 1.165) is 50.5 Å². The minimum atomic E-state index is -0.861. The lowest BCUT2D eigenvalue weighted by atomic mass is 9.84. The molecule has 1 nitrogen and oxygen atoms in total. The molecule has 0 fully saturated rings. The van der Waals surface area contributed by atoms with E-state index in [-0.39, 0.29) is 5.75 Å². The van der Waals surface area contributed by atoms with E-state index in [4.69, 9.17) is 4.74 Å². The second-order valence-electron chi connectivity index (χ2n) is 6.46. The molecule has 1 unspecified atom stereocenters. The van der Waals surface area contributed by atoms with Gasteiger partial charge in [-0.05, 0) is 69.1 Å². The Morgan fingerprint density at radius 2 is 2.08 bits per heavy atom. The Balaban J connectivity index is 2.03. The van der Waals surface area contributed by atoms with Gasteiger partial charge in [0, 0.05) is 5.56 Å². The van der Waals surface area contributed by atoms with E-state index in [1.807, 2.05) is 13.8 Å². The molecule has 1 aromatic carbocycles. The molecular formula is C21H28F2O. The summed E-state index contributed by atoms with van der Waals surface area (Å²) in [5.41, 5.74) is 1.32. The molecule has 3 heteroatoms. The summed E-state index contributed by atoms with van der Waals surface area (Å²) < 4.78 is 33.9. The number of hydrogen-bond acceptors (Lipinski definition) is 1. The molecule has 0 aliphatic heterocycles. The number of halogens is 2. The van der Waals surface area contributed by atoms with Crippen molar-refractivity contribution in [3.63, 3.8) is 0 Å². The number of hydrogen-bond donors (Lipinski definition) is 0. The Labute approximate surface area is 144 Å². The third-order valence-electron chi connectivity index (χ3n) is 4.65. The summed E-state index contributed by atoms with van der Waals surface area (Å²) in [7, 11) is 0. The third kappa shape index (κ3) is 4.93. The first kappa shape index (κ1) is 18.7. The fourth-order valence-electron chi connectivity index (χ4n) is 3.11. The monoisotopic (exact) mass is 334 g/mol. The van der Waals surface area contributed by atoms with Gasteiger partial charge in [0.25, 0.3) is 0 Å². The zero-order chi connectivity index (χ0) is 17.4. The van der Waals surface area contributed by atoms with Gasteiger partial charge in [0.1, 0.15) is 0 Å². The normalized spacial score (nSPS) is 18.0. The van der Waals surface area contributed by atoms with E-state index in [0.29, 0.717) is 18.1 Å². The lowest BCUT2D eigenvalue weighted by molar-refractivity contribution is 0.288. The van der Waals surface area contributed by atoms with E-state index < -0.39 is 11.6 Å². The zero-order valence-corrected chi connectivity index (χ0v) is 14.8. The van der Waals surface area contributed by atoms with Gasteiger partial charge in [0.2, 0.25) is 5.82 Å². The maximum absolute atomic E-state index is 14.4. The van der Waals surface area contributed by atoms with E-state index in [2.05, 4.69) is 18.2 Å². The van der Waals surface area contributed by atoms with Crippen molar-refractivity contribution in [2.24, 2.45) is 5.92 Å². The predicted octanol–water partition coefficient (Wildman–Crippen LogP) is 6.68. The Hall–Kier alpha value is -1.64. The lowest BCUT2D eigenvalue weighted by Gasteiger charge is -2.22. The van der Waals surface area contributed by atoms with Crippen LogP contribution in [0, 0.1) is 17.6 Å². The molecule has 1 atom stereocenters. The lowest BCUT2D eigenvalue weighted by Crippen LogP contribution is -2.07. The summed E-state index contributed by atoms with van der Waals surface area (Å²) in [6.07, 6.45) is 13.2. The van der Waals surface area contributed by atoms with Crippen molar-refractivity contribution in [3.05, 3.63) is 47.6 Å². The van der Waals surface area contributed by atoms with Crippen LogP contribution in [0.4, 0.5) is 8.78 Å². The van der Waals surface area contributed by atoms with Crippen LogP contribution in [-0.4, -0.2) is 6.61 Å². The topological polar surface area (TPSA) is 9.23 Å². The average molecular weight is 334 g/mol. The standard InChI is InChI=1S/C21H28F2O/c1-3-5-7-8-16-9-11-17(12-10-16)18-13-14-19(21(23)20(18)22)24-15-6-4-2/h3,5,11,13-14,16H,4,6-10,12,15H2,1-2H3/b5-3+. The molecule has 0 saturated carbocycles. The van der Waals surface area contributed by atoms with Crippen LogP contribution in [0.25, 0.3) is 5.57 Å². The number of allylic oxidation sites excluding steroid dienone is 4. The summed E-state index contributed by atoms with van der Waals surface area (Å²) in [6, 6.07) is 3.22. The Bertz CT molecular complexity index is 590. The number of benzene rings is 1. The molecule has 0 aromatic heterocycles. The van der Waals surface area contributed by atoms with Gasteiger partial charge in [-0.3, -0.25) is 0 Å². The summed E-state index contributed by atoms with van der Waals surface area (Å²) in [4.78, 5) is 0. The number of unbranched alkanes of at least 4 members (excludes halogenated alkanes) is 1. The van der Waals surface area contributed by atoms with E-state index in [1.165, 1.54) is 0 Å². The molecule has 0 bridgehead atoms. The first-order chi connectivity index (χ1) is 11.7. The fourth-order valence-corrected chi connectivity index (χ4v) is 3.11. The van der Waals surface area contributed by atoms with Gasteiger partial charge in [-0.1, -0.05) is 31.6 Å². The summed E-state index contributed by atoms with van der Waals surface area (Å²) >= 11 is 0. The summed E-state index contributed by atoms with van der Waals surface area (Å²) in [5.74, 6) is -0.970. The maximum Gasteiger partial charge on any atom is 0.201 e. The molecule has 0 radical (unpaired) electrons. The van der Waals surface area contributed by atoms with Gasteiger partial charge in [0.05, 0.1) is 6.61 Å². The highest BCUT2D eigenvalue weighted by Gasteiger charge is 2.20. The van der Waals surface area contributed by atoms with Crippen LogP contribution in [-0.2, 0) is 0 Å². The largest absolute Gasteiger partial charge is 0.490 e. The van der Waals surface area contributed by atoms with Crippen molar-refractivity contribution < 1.29 is 13.5 Å². The molecule has 0 saturated heterocycles. The fraction of sp³-hybridized carbons (Fsp3) is 0.524. The van der Waals surface area contributed by atoms with Crippen molar-refractivity contribution >= 4 is 5.57 Å². The predicted molar refractivity (Wildman–Crippen MR) is 96.1 cm³/mol. The van der Waals surface area contributed by atoms with Gasteiger partial charge in [0.15, 0.2) is 11.6 Å². The van der Waals surface area contributed by atoms with Crippen LogP contribution in [0.15, 0.2) is 30.4 Å². The molecule has 0 amide bonds. The third-order valence-corrected chi connectivity index (χ3v) is 4.65. The molecule has 1 aliphatic carbocycles. The van der Waals surface area contributed by atoms with Crippen molar-refractivity contribution in [1.82, 2.24) is 0 Å². The smallest absolute Gasteiger partial charge is 0.201 e. The molecule has 0 heterocycles. The summed E-state index contributed by atoms with van der Waals surface area (Å²) in [5, 5.41) is 0. The van der Waals surface area contributed by atoms with Gasteiger partial charge >= 0.3 is 0 Å². The Morgan fingerprint density at radius 3 is 2.75 bits per heavy atom. The van der Waals surface area contributed by atoms with Crippen molar-refractivity contribution in [2.75, 3.05) is 6.61 Å². The van der Waals surface area contributed by atoms with Crippen molar-refractivity contribution in [2.45, 2.75) is 58.8 Å².